The van der Waals surface area contributed by atoms with Crippen LogP contribution in [-0.2, 0) is 11.4 Å². The number of benzene rings is 2. The van der Waals surface area contributed by atoms with E-state index >= 15 is 0 Å². The van der Waals surface area contributed by atoms with Crippen LogP contribution in [0, 0.1) is 0 Å². The molecule has 0 fully saturated rings. The molecule has 0 radical (unpaired) electrons. The van der Waals surface area contributed by atoms with Crippen molar-refractivity contribution in [3.05, 3.63) is 54.6 Å². The molecule has 0 atom stereocenters. The van der Waals surface area contributed by atoms with Gasteiger partial charge in [-0.25, -0.2) is 0 Å². The van der Waals surface area contributed by atoms with Crippen LogP contribution < -0.4 is 0 Å². The number of phenols is 1. The minimum atomic E-state index is -2.61. The second kappa shape index (κ2) is 6.80. The highest BCUT2D eigenvalue weighted by Gasteiger charge is 2.00. The summed E-state index contributed by atoms with van der Waals surface area (Å²) < 4.78 is 22.8. The first-order valence-corrected chi connectivity index (χ1v) is 5.81. The molecule has 0 unspecified atom stereocenters. The molecule has 2 rings (SSSR count). The zero-order valence-electron chi connectivity index (χ0n) is 8.85. The van der Waals surface area contributed by atoms with Crippen molar-refractivity contribution in [2.24, 2.45) is 0 Å². The van der Waals surface area contributed by atoms with Crippen molar-refractivity contribution in [3.8, 4) is 16.9 Å². The molecule has 4 nitrogen and oxygen atoms in total. The number of rotatable bonds is 1. The molecule has 0 bridgehead atoms. The van der Waals surface area contributed by atoms with Crippen LogP contribution in [0.3, 0.4) is 0 Å². The number of phenolic OH excluding ortho intramolecular Hbond substituents is 1. The summed E-state index contributed by atoms with van der Waals surface area (Å²) in [5.41, 5.74) is 1.92. The van der Waals surface area contributed by atoms with E-state index < -0.39 is 11.4 Å². The van der Waals surface area contributed by atoms with Gasteiger partial charge in [-0.1, -0.05) is 48.5 Å². The average molecular weight is 252 g/mol. The molecule has 17 heavy (non-hydrogen) atoms. The van der Waals surface area contributed by atoms with Crippen molar-refractivity contribution < 1.29 is 18.4 Å². The van der Waals surface area contributed by atoms with E-state index in [1.54, 1.807) is 6.07 Å². The van der Waals surface area contributed by atoms with Gasteiger partial charge >= 0.3 is 0 Å². The van der Waals surface area contributed by atoms with Crippen molar-refractivity contribution in [1.29, 1.82) is 0 Å². The number of hydrogen-bond donors (Lipinski definition) is 3. The van der Waals surface area contributed by atoms with E-state index in [0.29, 0.717) is 5.75 Å². The topological polar surface area (TPSA) is 77.8 Å². The molecule has 0 aromatic heterocycles. The van der Waals surface area contributed by atoms with Crippen molar-refractivity contribution in [1.82, 2.24) is 0 Å². The smallest absolute Gasteiger partial charge is 0.299 e. The van der Waals surface area contributed by atoms with Gasteiger partial charge in [0.05, 0.1) is 0 Å². The average Bonchev–Trinajstić information content (AvgIpc) is 2.30. The van der Waals surface area contributed by atoms with Crippen molar-refractivity contribution >= 4 is 11.4 Å². The van der Waals surface area contributed by atoms with E-state index in [1.165, 1.54) is 0 Å². The molecule has 3 N–H and O–H groups in total. The van der Waals surface area contributed by atoms with Crippen LogP contribution in [0.1, 0.15) is 0 Å². The van der Waals surface area contributed by atoms with E-state index in [-0.39, 0.29) is 0 Å². The summed E-state index contributed by atoms with van der Waals surface area (Å²) in [5, 5.41) is 9.56. The minimum Gasteiger partial charge on any atom is -0.507 e. The second-order valence-corrected chi connectivity index (χ2v) is 3.58. The zero-order valence-corrected chi connectivity index (χ0v) is 9.67. The monoisotopic (exact) mass is 252 g/mol. The zero-order chi connectivity index (χ0) is 12.7. The summed E-state index contributed by atoms with van der Waals surface area (Å²) in [6, 6.07) is 17.2. The Bertz CT molecular complexity index is 481. The SMILES string of the molecule is O=S(O)O.Oc1ccccc1-c1ccccc1. The fourth-order valence-electron chi connectivity index (χ4n) is 1.34. The van der Waals surface area contributed by atoms with Crippen molar-refractivity contribution in [3.63, 3.8) is 0 Å². The largest absolute Gasteiger partial charge is 0.507 e. The molecule has 0 aliphatic rings. The van der Waals surface area contributed by atoms with E-state index in [2.05, 4.69) is 0 Å². The Morgan fingerprint density at radius 2 is 1.29 bits per heavy atom. The molecule has 0 saturated heterocycles. The van der Waals surface area contributed by atoms with Gasteiger partial charge in [-0.2, -0.15) is 4.21 Å². The van der Waals surface area contributed by atoms with Gasteiger partial charge in [0.2, 0.25) is 0 Å². The molecule has 0 aliphatic heterocycles. The van der Waals surface area contributed by atoms with Crippen molar-refractivity contribution in [2.75, 3.05) is 0 Å². The Balaban J connectivity index is 0.000000317. The third kappa shape index (κ3) is 4.78. The predicted molar refractivity (Wildman–Crippen MR) is 66.9 cm³/mol. The summed E-state index contributed by atoms with van der Waals surface area (Å²) in [6.07, 6.45) is 0. The Hall–Kier alpha value is -1.69. The van der Waals surface area contributed by atoms with Gasteiger partial charge in [-0.3, -0.25) is 9.11 Å². The molecule has 90 valence electrons. The molecule has 0 aliphatic carbocycles. The van der Waals surface area contributed by atoms with Crippen LogP contribution in [0.2, 0.25) is 0 Å². The van der Waals surface area contributed by atoms with Crippen LogP contribution in [0.5, 0.6) is 5.75 Å². The number of aromatic hydroxyl groups is 1. The van der Waals surface area contributed by atoms with Crippen LogP contribution in [-0.4, -0.2) is 18.4 Å². The Morgan fingerprint density at radius 3 is 1.82 bits per heavy atom. The van der Waals surface area contributed by atoms with Gasteiger partial charge in [0.15, 0.2) is 0 Å². The van der Waals surface area contributed by atoms with Gasteiger partial charge in [-0.05, 0) is 11.6 Å². The van der Waals surface area contributed by atoms with Crippen molar-refractivity contribution in [2.45, 2.75) is 0 Å². The number of para-hydroxylation sites is 1. The van der Waals surface area contributed by atoms with E-state index in [0.717, 1.165) is 11.1 Å². The first-order chi connectivity index (χ1) is 8.11. The highest BCUT2D eigenvalue weighted by atomic mass is 32.2. The first-order valence-electron chi connectivity index (χ1n) is 4.74. The highest BCUT2D eigenvalue weighted by molar-refractivity contribution is 7.73. The summed E-state index contributed by atoms with van der Waals surface area (Å²) in [7, 11) is 0. The first kappa shape index (κ1) is 13.4. The summed E-state index contributed by atoms with van der Waals surface area (Å²) in [5.74, 6) is 0.328. The Labute approximate surface area is 102 Å². The molecular formula is C12H12O4S. The molecule has 2 aromatic carbocycles. The molecule has 0 amide bonds. The second-order valence-electron chi connectivity index (χ2n) is 3.11. The maximum absolute atomic E-state index is 9.56. The molecule has 0 heterocycles. The third-order valence-electron chi connectivity index (χ3n) is 1.99. The van der Waals surface area contributed by atoms with Crippen LogP contribution >= 0.6 is 0 Å². The van der Waals surface area contributed by atoms with E-state index in [9.17, 15) is 5.11 Å². The van der Waals surface area contributed by atoms with Gasteiger partial charge in [0.25, 0.3) is 11.4 Å². The number of hydrogen-bond acceptors (Lipinski definition) is 2. The normalized spacial score (nSPS) is 9.59. The Morgan fingerprint density at radius 1 is 0.824 bits per heavy atom. The maximum atomic E-state index is 9.56. The summed E-state index contributed by atoms with van der Waals surface area (Å²) in [6.45, 7) is 0. The summed E-state index contributed by atoms with van der Waals surface area (Å²) >= 11 is -2.61. The van der Waals surface area contributed by atoms with Gasteiger partial charge in [0, 0.05) is 5.56 Å². The molecule has 2 aromatic rings. The van der Waals surface area contributed by atoms with Gasteiger partial charge in [-0.15, -0.1) is 0 Å². The predicted octanol–water partition coefficient (Wildman–Crippen LogP) is 2.74. The standard InChI is InChI=1S/C12H10O.H2O3S/c13-12-9-5-4-8-11(12)10-6-2-1-3-7-10;1-4(2)3/h1-9,13H;(H2,1,2,3). The molecule has 0 spiro atoms. The third-order valence-corrected chi connectivity index (χ3v) is 1.99. The molecule has 0 saturated carbocycles. The fourth-order valence-corrected chi connectivity index (χ4v) is 1.34. The summed E-state index contributed by atoms with van der Waals surface area (Å²) in [4.78, 5) is 0. The lowest BCUT2D eigenvalue weighted by atomic mass is 10.1. The Kier molecular flexibility index (Phi) is 5.35. The van der Waals surface area contributed by atoms with E-state index in [4.69, 9.17) is 13.3 Å². The van der Waals surface area contributed by atoms with Gasteiger partial charge < -0.3 is 5.11 Å². The highest BCUT2D eigenvalue weighted by Crippen LogP contribution is 2.27. The molecular weight excluding hydrogens is 240 g/mol. The quantitative estimate of drug-likeness (QED) is 0.682. The lowest BCUT2D eigenvalue weighted by molar-refractivity contribution is 0.454. The van der Waals surface area contributed by atoms with Crippen LogP contribution in [0.4, 0.5) is 0 Å². The fraction of sp³-hybridized carbons (Fsp3) is 0. The van der Waals surface area contributed by atoms with Crippen LogP contribution in [0.15, 0.2) is 54.6 Å². The van der Waals surface area contributed by atoms with Crippen LogP contribution in [0.25, 0.3) is 11.1 Å². The molecule has 5 heteroatoms. The minimum absolute atomic E-state index is 0.328. The lowest BCUT2D eigenvalue weighted by Crippen LogP contribution is -1.76. The van der Waals surface area contributed by atoms with Gasteiger partial charge in [0.1, 0.15) is 5.75 Å². The maximum Gasteiger partial charge on any atom is 0.299 e. The lowest BCUT2D eigenvalue weighted by Gasteiger charge is -2.02. The van der Waals surface area contributed by atoms with E-state index in [1.807, 2.05) is 48.5 Å².